The molecule has 15 heavy (non-hydrogen) atoms. The van der Waals surface area contributed by atoms with Crippen molar-refractivity contribution < 1.29 is 4.39 Å². The van der Waals surface area contributed by atoms with Crippen molar-refractivity contribution in [2.24, 2.45) is 0 Å². The highest BCUT2D eigenvalue weighted by Crippen LogP contribution is 2.24. The predicted octanol–water partition coefficient (Wildman–Crippen LogP) is 2.14. The zero-order valence-electron chi connectivity index (χ0n) is 8.80. The second kappa shape index (κ2) is 5.12. The third-order valence-electron chi connectivity index (χ3n) is 2.84. The Morgan fingerprint density at radius 3 is 3.13 bits per heavy atom. The summed E-state index contributed by atoms with van der Waals surface area (Å²) in [6, 6.07) is 8.31. The van der Waals surface area contributed by atoms with Gasteiger partial charge in [0.15, 0.2) is 0 Å². The zero-order valence-corrected chi connectivity index (χ0v) is 8.80. The summed E-state index contributed by atoms with van der Waals surface area (Å²) < 4.78 is 12.0. The lowest BCUT2D eigenvalue weighted by Crippen LogP contribution is -2.08. The van der Waals surface area contributed by atoms with Crippen molar-refractivity contribution >= 4 is 5.69 Å². The Morgan fingerprint density at radius 1 is 1.47 bits per heavy atom. The van der Waals surface area contributed by atoms with Gasteiger partial charge >= 0.3 is 0 Å². The van der Waals surface area contributed by atoms with Crippen molar-refractivity contribution in [1.82, 2.24) is 5.32 Å². The first-order valence-corrected chi connectivity index (χ1v) is 5.50. The van der Waals surface area contributed by atoms with Gasteiger partial charge < -0.3 is 10.6 Å². The molecule has 1 aromatic rings. The maximum absolute atomic E-state index is 12.0. The Labute approximate surface area is 89.9 Å². The molecule has 2 N–H and O–H groups in total. The van der Waals surface area contributed by atoms with Crippen LogP contribution in [0.5, 0.6) is 0 Å². The lowest BCUT2D eigenvalue weighted by molar-refractivity contribution is 0.513. The molecule has 3 heteroatoms. The molecule has 2 rings (SSSR count). The van der Waals surface area contributed by atoms with Crippen LogP contribution >= 0.6 is 0 Å². The quantitative estimate of drug-likeness (QED) is 0.792. The van der Waals surface area contributed by atoms with Crippen LogP contribution in [-0.2, 0) is 0 Å². The Balaban J connectivity index is 2.04. The standard InChI is InChI=1S/C12H17FN2/c13-5-7-15-12-3-1-2-10(8-12)11-4-6-14-9-11/h1-3,8,11,14-15H,4-7,9H2. The number of rotatable bonds is 4. The number of halogens is 1. The van der Waals surface area contributed by atoms with Gasteiger partial charge in [-0.3, -0.25) is 0 Å². The van der Waals surface area contributed by atoms with Crippen LogP contribution in [0.4, 0.5) is 10.1 Å². The smallest absolute Gasteiger partial charge is 0.107 e. The molecule has 0 radical (unpaired) electrons. The summed E-state index contributed by atoms with van der Waals surface area (Å²) in [5, 5.41) is 6.42. The molecule has 1 atom stereocenters. The van der Waals surface area contributed by atoms with Gasteiger partial charge in [-0.2, -0.15) is 0 Å². The second-order valence-corrected chi connectivity index (χ2v) is 3.93. The fourth-order valence-corrected chi connectivity index (χ4v) is 2.03. The highest BCUT2D eigenvalue weighted by molar-refractivity contribution is 5.46. The molecule has 0 bridgehead atoms. The average Bonchev–Trinajstić information content (AvgIpc) is 2.80. The summed E-state index contributed by atoms with van der Waals surface area (Å²) in [6.45, 7) is 2.24. The number of hydrogen-bond donors (Lipinski definition) is 2. The molecule has 82 valence electrons. The van der Waals surface area contributed by atoms with E-state index in [9.17, 15) is 4.39 Å². The van der Waals surface area contributed by atoms with Crippen molar-refractivity contribution in [2.45, 2.75) is 12.3 Å². The summed E-state index contributed by atoms with van der Waals surface area (Å²) in [4.78, 5) is 0. The van der Waals surface area contributed by atoms with Crippen LogP contribution in [0.1, 0.15) is 17.9 Å². The van der Waals surface area contributed by atoms with Gasteiger partial charge in [0.05, 0.1) is 0 Å². The topological polar surface area (TPSA) is 24.1 Å². The van der Waals surface area contributed by atoms with Crippen LogP contribution in [0.15, 0.2) is 24.3 Å². The summed E-state index contributed by atoms with van der Waals surface area (Å²) in [5.41, 5.74) is 2.38. The largest absolute Gasteiger partial charge is 0.382 e. The molecule has 1 unspecified atom stereocenters. The van der Waals surface area contributed by atoms with E-state index in [-0.39, 0.29) is 6.67 Å². The number of anilines is 1. The first kappa shape index (κ1) is 10.4. The summed E-state index contributed by atoms with van der Waals surface area (Å²) >= 11 is 0. The fraction of sp³-hybridized carbons (Fsp3) is 0.500. The highest BCUT2D eigenvalue weighted by Gasteiger charge is 2.16. The normalized spacial score (nSPS) is 20.5. The monoisotopic (exact) mass is 208 g/mol. The van der Waals surface area contributed by atoms with E-state index >= 15 is 0 Å². The predicted molar refractivity (Wildman–Crippen MR) is 61.1 cm³/mol. The molecule has 0 amide bonds. The first-order valence-electron chi connectivity index (χ1n) is 5.50. The molecule has 1 aromatic carbocycles. The maximum Gasteiger partial charge on any atom is 0.107 e. The minimum Gasteiger partial charge on any atom is -0.382 e. The lowest BCUT2D eigenvalue weighted by atomic mass is 9.98. The van der Waals surface area contributed by atoms with Gasteiger partial charge in [0.1, 0.15) is 6.67 Å². The molecule has 1 aliphatic rings. The van der Waals surface area contributed by atoms with Gasteiger partial charge in [-0.05, 0) is 36.6 Å². The van der Waals surface area contributed by atoms with Gasteiger partial charge in [-0.15, -0.1) is 0 Å². The number of nitrogens with one attached hydrogen (secondary N) is 2. The molecule has 2 nitrogen and oxygen atoms in total. The minimum absolute atomic E-state index is 0.324. The van der Waals surface area contributed by atoms with E-state index in [0.717, 1.165) is 18.8 Å². The maximum atomic E-state index is 12.0. The molecule has 0 spiro atoms. The molecular weight excluding hydrogens is 191 g/mol. The van der Waals surface area contributed by atoms with E-state index < -0.39 is 0 Å². The third kappa shape index (κ3) is 2.69. The minimum atomic E-state index is -0.324. The number of hydrogen-bond acceptors (Lipinski definition) is 2. The summed E-state index contributed by atoms with van der Waals surface area (Å²) in [5.74, 6) is 0.622. The van der Waals surface area contributed by atoms with E-state index in [1.165, 1.54) is 12.0 Å². The van der Waals surface area contributed by atoms with E-state index in [0.29, 0.717) is 12.5 Å². The summed E-state index contributed by atoms with van der Waals surface area (Å²) in [6.07, 6.45) is 1.20. The first-order chi connectivity index (χ1) is 7.40. The molecule has 1 heterocycles. The van der Waals surface area contributed by atoms with Crippen LogP contribution in [0, 0.1) is 0 Å². The molecular formula is C12H17FN2. The number of alkyl halides is 1. The molecule has 1 aliphatic heterocycles. The Kier molecular flexibility index (Phi) is 3.56. The average molecular weight is 208 g/mol. The van der Waals surface area contributed by atoms with Gasteiger partial charge in [0.2, 0.25) is 0 Å². The Morgan fingerprint density at radius 2 is 2.40 bits per heavy atom. The van der Waals surface area contributed by atoms with E-state index in [4.69, 9.17) is 0 Å². The van der Waals surface area contributed by atoms with Crippen LogP contribution in [0.2, 0.25) is 0 Å². The molecule has 1 fully saturated rings. The van der Waals surface area contributed by atoms with Crippen LogP contribution in [0.25, 0.3) is 0 Å². The van der Waals surface area contributed by atoms with Gasteiger partial charge in [-0.1, -0.05) is 12.1 Å². The fourth-order valence-electron chi connectivity index (χ4n) is 2.03. The van der Waals surface area contributed by atoms with Crippen LogP contribution in [-0.4, -0.2) is 26.3 Å². The van der Waals surface area contributed by atoms with Crippen molar-refractivity contribution in [3.8, 4) is 0 Å². The van der Waals surface area contributed by atoms with E-state index in [1.54, 1.807) is 0 Å². The van der Waals surface area contributed by atoms with Crippen molar-refractivity contribution in [3.63, 3.8) is 0 Å². The lowest BCUT2D eigenvalue weighted by Gasteiger charge is -2.11. The molecule has 0 saturated carbocycles. The van der Waals surface area contributed by atoms with Gasteiger partial charge in [0, 0.05) is 18.8 Å². The van der Waals surface area contributed by atoms with Crippen molar-refractivity contribution in [1.29, 1.82) is 0 Å². The summed E-state index contributed by atoms with van der Waals surface area (Å²) in [7, 11) is 0. The highest BCUT2D eigenvalue weighted by atomic mass is 19.1. The van der Waals surface area contributed by atoms with Gasteiger partial charge in [0.25, 0.3) is 0 Å². The van der Waals surface area contributed by atoms with Crippen LogP contribution < -0.4 is 10.6 Å². The van der Waals surface area contributed by atoms with Gasteiger partial charge in [-0.25, -0.2) is 4.39 Å². The molecule has 1 saturated heterocycles. The third-order valence-corrected chi connectivity index (χ3v) is 2.84. The van der Waals surface area contributed by atoms with Crippen LogP contribution in [0.3, 0.4) is 0 Å². The number of benzene rings is 1. The van der Waals surface area contributed by atoms with Crippen molar-refractivity contribution in [2.75, 3.05) is 31.6 Å². The molecule has 0 aromatic heterocycles. The Bertz CT molecular complexity index is 308. The molecule has 0 aliphatic carbocycles. The zero-order chi connectivity index (χ0) is 10.5. The van der Waals surface area contributed by atoms with E-state index in [2.05, 4.69) is 22.8 Å². The van der Waals surface area contributed by atoms with E-state index in [1.807, 2.05) is 12.1 Å². The van der Waals surface area contributed by atoms with Crippen molar-refractivity contribution in [3.05, 3.63) is 29.8 Å². The second-order valence-electron chi connectivity index (χ2n) is 3.93. The Hall–Kier alpha value is -1.09. The SMILES string of the molecule is FCCNc1cccc(C2CCNC2)c1.